The van der Waals surface area contributed by atoms with E-state index in [-0.39, 0.29) is 18.1 Å². The molecular weight excluding hydrogens is 301 g/mol. The predicted molar refractivity (Wildman–Crippen MR) is 74.6 cm³/mol. The average molecular weight is 310 g/mol. The van der Waals surface area contributed by atoms with Crippen molar-refractivity contribution in [2.24, 2.45) is 0 Å². The molecule has 0 fully saturated rings. The smallest absolute Gasteiger partial charge is 0.272 e. The third-order valence-corrected chi connectivity index (χ3v) is 3.65. The van der Waals surface area contributed by atoms with E-state index in [1.54, 1.807) is 29.8 Å². The molecule has 20 heavy (non-hydrogen) atoms. The van der Waals surface area contributed by atoms with Gasteiger partial charge in [-0.3, -0.25) is 14.2 Å². The molecule has 2 heterocycles. The van der Waals surface area contributed by atoms with Gasteiger partial charge in [-0.15, -0.1) is 0 Å². The lowest BCUT2D eigenvalue weighted by Crippen LogP contribution is -2.25. The van der Waals surface area contributed by atoms with Crippen LogP contribution < -0.4 is 0 Å². The average Bonchev–Trinajstić information content (AvgIpc) is 2.77. The number of amides is 1. The van der Waals surface area contributed by atoms with Crippen LogP contribution in [0.4, 0.5) is 0 Å². The Balaban J connectivity index is 2.31. The van der Waals surface area contributed by atoms with Crippen LogP contribution in [0.2, 0.25) is 5.02 Å². The molecule has 0 radical (unpaired) electrons. The topological polar surface area (TPSA) is 55.2 Å². The van der Waals surface area contributed by atoms with E-state index in [4.69, 9.17) is 23.2 Å². The van der Waals surface area contributed by atoms with E-state index < -0.39 is 5.24 Å². The number of fused-ring (bicyclic) bond motifs is 3. The molecule has 0 bridgehead atoms. The number of benzene rings is 1. The quantitative estimate of drug-likeness (QED) is 0.760. The third-order valence-electron chi connectivity index (χ3n) is 3.23. The van der Waals surface area contributed by atoms with Crippen molar-refractivity contribution in [3.8, 4) is 5.69 Å². The number of aromatic nitrogens is 2. The Bertz CT molecular complexity index is 739. The van der Waals surface area contributed by atoms with Gasteiger partial charge >= 0.3 is 0 Å². The second kappa shape index (κ2) is 4.61. The number of hydrogen-bond donors (Lipinski definition) is 0. The number of imidazole rings is 1. The highest BCUT2D eigenvalue weighted by atomic mass is 35.5. The van der Waals surface area contributed by atoms with E-state index in [2.05, 4.69) is 4.98 Å². The number of hydrogen-bond acceptors (Lipinski definition) is 3. The zero-order chi connectivity index (χ0) is 14.4. The Morgan fingerprint density at radius 1 is 1.40 bits per heavy atom. The highest BCUT2D eigenvalue weighted by molar-refractivity contribution is 6.67. The van der Waals surface area contributed by atoms with Crippen LogP contribution in [-0.4, -0.2) is 32.6 Å². The fourth-order valence-corrected chi connectivity index (χ4v) is 2.62. The Labute approximate surface area is 124 Å². The zero-order valence-corrected chi connectivity index (χ0v) is 11.9. The van der Waals surface area contributed by atoms with Gasteiger partial charge < -0.3 is 4.90 Å². The van der Waals surface area contributed by atoms with Gasteiger partial charge in [0.25, 0.3) is 11.1 Å². The Hall–Kier alpha value is -1.85. The molecule has 1 aliphatic rings. The van der Waals surface area contributed by atoms with Crippen molar-refractivity contribution in [2.45, 2.75) is 6.54 Å². The first-order chi connectivity index (χ1) is 9.49. The number of rotatable bonds is 1. The van der Waals surface area contributed by atoms with E-state index in [9.17, 15) is 9.59 Å². The van der Waals surface area contributed by atoms with Crippen LogP contribution in [0.5, 0.6) is 0 Å². The van der Waals surface area contributed by atoms with Gasteiger partial charge in [0, 0.05) is 12.1 Å². The largest absolute Gasteiger partial charge is 0.336 e. The van der Waals surface area contributed by atoms with E-state index in [0.29, 0.717) is 22.0 Å². The summed E-state index contributed by atoms with van der Waals surface area (Å²) in [6.45, 7) is 0.249. The van der Waals surface area contributed by atoms with Crippen LogP contribution >= 0.6 is 23.2 Å². The van der Waals surface area contributed by atoms with Crippen LogP contribution in [0.1, 0.15) is 26.5 Å². The molecule has 0 aliphatic carbocycles. The van der Waals surface area contributed by atoms with Gasteiger partial charge in [-0.2, -0.15) is 0 Å². The first-order valence-corrected chi connectivity index (χ1v) is 6.56. The maximum atomic E-state index is 12.4. The molecule has 1 aromatic heterocycles. The third kappa shape index (κ3) is 1.90. The fourth-order valence-electron chi connectivity index (χ4n) is 2.29. The second-order valence-electron chi connectivity index (χ2n) is 4.51. The van der Waals surface area contributed by atoms with Crippen LogP contribution in [0, 0.1) is 0 Å². The normalized spacial score (nSPS) is 13.8. The van der Waals surface area contributed by atoms with Crippen molar-refractivity contribution >= 4 is 34.4 Å². The molecule has 0 N–H and O–H groups in total. The summed E-state index contributed by atoms with van der Waals surface area (Å²) in [6.07, 6.45) is 1.49. The Morgan fingerprint density at radius 3 is 2.85 bits per heavy atom. The summed E-state index contributed by atoms with van der Waals surface area (Å²) in [4.78, 5) is 29.3. The standard InChI is InChI=1S/C13H9Cl2N3O2/c1-17-5-10-11(12(15)19)16-6-18(10)9-3-2-7(14)4-8(9)13(17)20/h2-4,6H,5H2,1H3. The summed E-state index contributed by atoms with van der Waals surface area (Å²) in [5.41, 5.74) is 1.84. The Morgan fingerprint density at radius 2 is 2.15 bits per heavy atom. The number of carbonyl (C=O) groups is 2. The molecular formula is C13H9Cl2N3O2. The SMILES string of the molecule is CN1Cc2c(C(=O)Cl)ncn2-c2ccc(Cl)cc2C1=O. The minimum atomic E-state index is -0.642. The van der Waals surface area contributed by atoms with Crippen molar-refractivity contribution in [3.63, 3.8) is 0 Å². The van der Waals surface area contributed by atoms with Crippen molar-refractivity contribution in [1.82, 2.24) is 14.5 Å². The molecule has 5 nitrogen and oxygen atoms in total. The lowest BCUT2D eigenvalue weighted by atomic mass is 10.1. The van der Waals surface area contributed by atoms with Crippen LogP contribution in [-0.2, 0) is 6.54 Å². The van der Waals surface area contributed by atoms with E-state index in [0.717, 1.165) is 0 Å². The van der Waals surface area contributed by atoms with Gasteiger partial charge in [-0.25, -0.2) is 4.98 Å². The molecule has 1 aliphatic heterocycles. The summed E-state index contributed by atoms with van der Waals surface area (Å²) in [5.74, 6) is -0.167. The first-order valence-electron chi connectivity index (χ1n) is 5.80. The molecule has 0 saturated carbocycles. The van der Waals surface area contributed by atoms with Gasteiger partial charge in [0.2, 0.25) is 0 Å². The molecule has 0 unspecified atom stereocenters. The van der Waals surface area contributed by atoms with Crippen LogP contribution in [0.25, 0.3) is 5.69 Å². The summed E-state index contributed by atoms with van der Waals surface area (Å²) < 4.78 is 1.70. The molecule has 3 rings (SSSR count). The second-order valence-corrected chi connectivity index (χ2v) is 5.29. The molecule has 7 heteroatoms. The maximum Gasteiger partial charge on any atom is 0.272 e. The Kier molecular flexibility index (Phi) is 3.03. The van der Waals surface area contributed by atoms with Crippen LogP contribution in [0.15, 0.2) is 24.5 Å². The fraction of sp³-hybridized carbons (Fsp3) is 0.154. The molecule has 0 atom stereocenters. The van der Waals surface area contributed by atoms with Gasteiger partial charge in [0.1, 0.15) is 12.0 Å². The van der Waals surface area contributed by atoms with Crippen molar-refractivity contribution < 1.29 is 9.59 Å². The molecule has 102 valence electrons. The summed E-state index contributed by atoms with van der Waals surface area (Å²) >= 11 is 11.5. The van der Waals surface area contributed by atoms with Crippen LogP contribution in [0.3, 0.4) is 0 Å². The number of halogens is 2. The number of nitrogens with zero attached hydrogens (tertiary/aromatic N) is 3. The van der Waals surface area contributed by atoms with Gasteiger partial charge in [0.05, 0.1) is 23.5 Å². The molecule has 1 aromatic carbocycles. The van der Waals surface area contributed by atoms with Gasteiger partial charge in [0.15, 0.2) is 0 Å². The van der Waals surface area contributed by atoms with Crippen molar-refractivity contribution in [1.29, 1.82) is 0 Å². The molecule has 0 saturated heterocycles. The van der Waals surface area contributed by atoms with E-state index >= 15 is 0 Å². The molecule has 0 spiro atoms. The maximum absolute atomic E-state index is 12.4. The number of carbonyl (C=O) groups excluding carboxylic acids is 2. The summed E-state index contributed by atoms with van der Waals surface area (Å²) in [6, 6.07) is 5.01. The van der Waals surface area contributed by atoms with Crippen molar-refractivity contribution in [2.75, 3.05) is 7.05 Å². The first kappa shape index (κ1) is 13.1. The van der Waals surface area contributed by atoms with E-state index in [1.165, 1.54) is 11.2 Å². The van der Waals surface area contributed by atoms with Gasteiger partial charge in [-0.1, -0.05) is 11.6 Å². The van der Waals surface area contributed by atoms with Gasteiger partial charge in [-0.05, 0) is 29.8 Å². The highest BCUT2D eigenvalue weighted by Crippen LogP contribution is 2.28. The predicted octanol–water partition coefficient (Wildman–Crippen LogP) is 2.49. The molecule has 2 aromatic rings. The highest BCUT2D eigenvalue weighted by Gasteiger charge is 2.27. The lowest BCUT2D eigenvalue weighted by Gasteiger charge is -2.14. The minimum Gasteiger partial charge on any atom is -0.336 e. The van der Waals surface area contributed by atoms with E-state index in [1.807, 2.05) is 0 Å². The monoisotopic (exact) mass is 309 g/mol. The summed E-state index contributed by atoms with van der Waals surface area (Å²) in [5, 5.41) is -0.167. The minimum absolute atomic E-state index is 0.161. The summed E-state index contributed by atoms with van der Waals surface area (Å²) in [7, 11) is 1.65. The lowest BCUT2D eigenvalue weighted by molar-refractivity contribution is 0.0786. The zero-order valence-electron chi connectivity index (χ0n) is 10.4. The molecule has 1 amide bonds. The van der Waals surface area contributed by atoms with Crippen molar-refractivity contribution in [3.05, 3.63) is 46.5 Å².